The fraction of sp³-hybridized carbons (Fsp3) is 0.522. The highest BCUT2D eigenvalue weighted by Crippen LogP contribution is 2.23. The Kier molecular flexibility index (Phi) is 14.4. The quantitative estimate of drug-likeness (QED) is 0.123. The lowest BCUT2D eigenvalue weighted by atomic mass is 9.92. The van der Waals surface area contributed by atoms with Crippen molar-refractivity contribution in [2.45, 2.75) is 33.6 Å². The van der Waals surface area contributed by atoms with Crippen molar-refractivity contribution in [3.05, 3.63) is 36.5 Å². The van der Waals surface area contributed by atoms with E-state index in [1.54, 1.807) is 0 Å². The monoisotopic (exact) mass is 546 g/mol. The average molecular weight is 547 g/mol. The summed E-state index contributed by atoms with van der Waals surface area (Å²) in [6.07, 6.45) is -0.487. The molecule has 10 nitrogen and oxygen atoms in total. The zero-order valence-electron chi connectivity index (χ0n) is 19.7. The van der Waals surface area contributed by atoms with E-state index in [2.05, 4.69) is 35.7 Å². The van der Waals surface area contributed by atoms with Crippen LogP contribution in [0.25, 0.3) is 0 Å². The lowest BCUT2D eigenvalue weighted by molar-refractivity contribution is -0.168. The molecule has 0 rings (SSSR count). The van der Waals surface area contributed by atoms with E-state index in [4.69, 9.17) is 23.7 Å². The van der Waals surface area contributed by atoms with Crippen LogP contribution < -0.4 is 0 Å². The summed E-state index contributed by atoms with van der Waals surface area (Å²) in [4.78, 5) is 59.7. The molecule has 0 saturated carbocycles. The molecular formula is C23H31BrO10. The molecule has 0 spiro atoms. The van der Waals surface area contributed by atoms with Crippen LogP contribution in [0.15, 0.2) is 36.5 Å². The molecule has 0 N–H and O–H groups in total. The molecule has 0 aliphatic carbocycles. The van der Waals surface area contributed by atoms with E-state index in [0.717, 1.165) is 0 Å². The van der Waals surface area contributed by atoms with E-state index < -0.39 is 61.7 Å². The fourth-order valence-electron chi connectivity index (χ4n) is 2.01. The molecule has 0 aromatic heterocycles. The minimum absolute atomic E-state index is 0.103. The third-order valence-electron chi connectivity index (χ3n) is 3.99. The number of esters is 5. The predicted molar refractivity (Wildman–Crippen MR) is 125 cm³/mol. The molecule has 0 heterocycles. The lowest BCUT2D eigenvalue weighted by Crippen LogP contribution is -2.44. The van der Waals surface area contributed by atoms with Crippen LogP contribution in [0.2, 0.25) is 0 Å². The van der Waals surface area contributed by atoms with Crippen molar-refractivity contribution < 1.29 is 47.7 Å². The highest BCUT2D eigenvalue weighted by Gasteiger charge is 2.38. The Labute approximate surface area is 207 Å². The van der Waals surface area contributed by atoms with Crippen LogP contribution in [0.3, 0.4) is 0 Å². The van der Waals surface area contributed by atoms with Gasteiger partial charge in [-0.05, 0) is 20.8 Å². The molecule has 0 aliphatic rings. The van der Waals surface area contributed by atoms with Crippen LogP contribution in [-0.4, -0.2) is 68.2 Å². The molecule has 0 radical (unpaired) electrons. The van der Waals surface area contributed by atoms with Gasteiger partial charge in [-0.2, -0.15) is 0 Å². The standard InChI is InChI=1S/C23H31BrO10/c1-15(2)20(27)32-12-23(13-33-21(28)16(3)4,14-34-22(29)17(5)6)11-31-19(26)8-7-18(25)30-10-9-24/h1,3,5,7-14H2,2,4,6H3. The van der Waals surface area contributed by atoms with E-state index in [9.17, 15) is 24.0 Å². The summed E-state index contributed by atoms with van der Waals surface area (Å²) in [7, 11) is 0. The maximum absolute atomic E-state index is 12.2. The van der Waals surface area contributed by atoms with Gasteiger partial charge in [0, 0.05) is 22.0 Å². The summed E-state index contributed by atoms with van der Waals surface area (Å²) in [6.45, 7) is 13.1. The van der Waals surface area contributed by atoms with Crippen LogP contribution >= 0.6 is 15.9 Å². The van der Waals surface area contributed by atoms with Gasteiger partial charge in [0.05, 0.1) is 12.8 Å². The molecule has 34 heavy (non-hydrogen) atoms. The summed E-state index contributed by atoms with van der Waals surface area (Å²) in [5.41, 5.74) is -1.14. The van der Waals surface area contributed by atoms with E-state index >= 15 is 0 Å². The summed E-state index contributed by atoms with van der Waals surface area (Å²) in [6, 6.07) is 0. The Bertz CT molecular complexity index is 740. The Balaban J connectivity index is 5.54. The fourth-order valence-corrected chi connectivity index (χ4v) is 2.17. The van der Waals surface area contributed by atoms with Gasteiger partial charge in [0.1, 0.15) is 38.4 Å². The molecule has 11 heteroatoms. The second kappa shape index (κ2) is 15.8. The largest absolute Gasteiger partial charge is 0.465 e. The first-order valence-corrected chi connectivity index (χ1v) is 11.3. The van der Waals surface area contributed by atoms with Gasteiger partial charge in [-0.15, -0.1) is 0 Å². The zero-order valence-corrected chi connectivity index (χ0v) is 21.3. The van der Waals surface area contributed by atoms with Gasteiger partial charge >= 0.3 is 29.8 Å². The van der Waals surface area contributed by atoms with Crippen molar-refractivity contribution in [2.75, 3.05) is 38.4 Å². The van der Waals surface area contributed by atoms with Gasteiger partial charge in [0.2, 0.25) is 0 Å². The number of alkyl halides is 1. The first-order chi connectivity index (χ1) is 15.8. The van der Waals surface area contributed by atoms with Gasteiger partial charge in [-0.3, -0.25) is 9.59 Å². The van der Waals surface area contributed by atoms with Crippen molar-refractivity contribution in [1.29, 1.82) is 0 Å². The molecule has 0 aromatic carbocycles. The van der Waals surface area contributed by atoms with Gasteiger partial charge in [0.25, 0.3) is 0 Å². The third-order valence-corrected chi connectivity index (χ3v) is 4.31. The SMILES string of the molecule is C=C(C)C(=O)OCC(COC(=O)CCC(=O)OCCBr)(COC(=O)C(=C)C)COC(=O)C(=C)C. The summed E-state index contributed by atoms with van der Waals surface area (Å²) < 4.78 is 25.7. The third kappa shape index (κ3) is 12.9. The Hall–Kier alpha value is -2.95. The molecule has 0 saturated heterocycles. The Morgan fingerprint density at radius 3 is 1.26 bits per heavy atom. The number of carbonyl (C=O) groups is 5. The molecular weight excluding hydrogens is 516 g/mol. The average Bonchev–Trinajstić information content (AvgIpc) is 2.79. The first-order valence-electron chi connectivity index (χ1n) is 10.2. The summed E-state index contributed by atoms with van der Waals surface area (Å²) in [5, 5.41) is 0.459. The highest BCUT2D eigenvalue weighted by molar-refractivity contribution is 9.09. The van der Waals surface area contributed by atoms with Gasteiger partial charge in [0.15, 0.2) is 0 Å². The molecule has 0 fully saturated rings. The number of carbonyl (C=O) groups excluding carboxylic acids is 5. The second-order valence-corrected chi connectivity index (χ2v) is 8.43. The van der Waals surface area contributed by atoms with Crippen molar-refractivity contribution in [3.63, 3.8) is 0 Å². The van der Waals surface area contributed by atoms with Crippen LogP contribution in [0.4, 0.5) is 0 Å². The molecule has 0 aromatic rings. The van der Waals surface area contributed by atoms with Crippen LogP contribution in [-0.2, 0) is 47.7 Å². The molecule has 0 bridgehead atoms. The maximum Gasteiger partial charge on any atom is 0.333 e. The minimum Gasteiger partial charge on any atom is -0.465 e. The topological polar surface area (TPSA) is 132 Å². The van der Waals surface area contributed by atoms with E-state index in [0.29, 0.717) is 5.33 Å². The second-order valence-electron chi connectivity index (χ2n) is 7.64. The van der Waals surface area contributed by atoms with E-state index in [1.807, 2.05) is 0 Å². The number of rotatable bonds is 16. The van der Waals surface area contributed by atoms with Crippen molar-refractivity contribution in [3.8, 4) is 0 Å². The molecule has 0 atom stereocenters. The predicted octanol–water partition coefficient (Wildman–Crippen LogP) is 2.59. The van der Waals surface area contributed by atoms with E-state index in [-0.39, 0.29) is 36.2 Å². The minimum atomic E-state index is -1.45. The lowest BCUT2D eigenvalue weighted by Gasteiger charge is -2.31. The smallest absolute Gasteiger partial charge is 0.333 e. The van der Waals surface area contributed by atoms with E-state index in [1.165, 1.54) is 20.8 Å². The highest BCUT2D eigenvalue weighted by atomic mass is 79.9. The Morgan fingerprint density at radius 2 is 0.941 bits per heavy atom. The summed E-state index contributed by atoms with van der Waals surface area (Å²) >= 11 is 3.11. The van der Waals surface area contributed by atoms with Crippen molar-refractivity contribution in [2.24, 2.45) is 5.41 Å². The van der Waals surface area contributed by atoms with Gasteiger partial charge in [-0.25, -0.2) is 14.4 Å². The molecule has 0 amide bonds. The van der Waals surface area contributed by atoms with Crippen molar-refractivity contribution >= 4 is 45.8 Å². The Morgan fingerprint density at radius 1 is 0.618 bits per heavy atom. The number of hydrogen-bond donors (Lipinski definition) is 0. The molecule has 0 unspecified atom stereocenters. The number of halogens is 1. The van der Waals surface area contributed by atoms with Gasteiger partial charge < -0.3 is 23.7 Å². The molecule has 0 aliphatic heterocycles. The normalized spacial score (nSPS) is 10.5. The first kappa shape index (κ1) is 31.0. The van der Waals surface area contributed by atoms with Crippen LogP contribution in [0, 0.1) is 5.41 Å². The molecule has 190 valence electrons. The van der Waals surface area contributed by atoms with Crippen molar-refractivity contribution in [1.82, 2.24) is 0 Å². The summed E-state index contributed by atoms with van der Waals surface area (Å²) in [5.74, 6) is -3.58. The number of hydrogen-bond acceptors (Lipinski definition) is 10. The zero-order chi connectivity index (χ0) is 26.3. The van der Waals surface area contributed by atoms with Crippen LogP contribution in [0.5, 0.6) is 0 Å². The van der Waals surface area contributed by atoms with Gasteiger partial charge in [-0.1, -0.05) is 35.7 Å². The maximum atomic E-state index is 12.2. The van der Waals surface area contributed by atoms with Crippen LogP contribution in [0.1, 0.15) is 33.6 Å². The number of ether oxygens (including phenoxy) is 5.